The molecule has 1 fully saturated rings. The Bertz CT molecular complexity index is 379. The van der Waals surface area contributed by atoms with Gasteiger partial charge in [-0.1, -0.05) is 13.8 Å². The van der Waals surface area contributed by atoms with E-state index in [1.54, 1.807) is 6.33 Å². The first-order valence-corrected chi connectivity index (χ1v) is 7.46. The molecule has 5 nitrogen and oxygen atoms in total. The Morgan fingerprint density at radius 3 is 3.00 bits per heavy atom. The van der Waals surface area contributed by atoms with Crippen LogP contribution in [0.2, 0.25) is 0 Å². The van der Waals surface area contributed by atoms with E-state index >= 15 is 0 Å². The number of hydrogen-bond donors (Lipinski definition) is 1. The van der Waals surface area contributed by atoms with Crippen LogP contribution in [0.1, 0.15) is 39.4 Å². The predicted molar refractivity (Wildman–Crippen MR) is 75.0 cm³/mol. The van der Waals surface area contributed by atoms with Crippen LogP contribution in [0.3, 0.4) is 0 Å². The van der Waals surface area contributed by atoms with Crippen molar-refractivity contribution >= 4 is 0 Å². The lowest BCUT2D eigenvalue weighted by molar-refractivity contribution is 0.116. The summed E-state index contributed by atoms with van der Waals surface area (Å²) < 4.78 is 7.74. The molecular formula is C14H26N4O. The first-order chi connectivity index (χ1) is 9.24. The lowest BCUT2D eigenvalue weighted by atomic mass is 9.94. The van der Waals surface area contributed by atoms with Crippen LogP contribution in [0, 0.1) is 5.92 Å². The predicted octanol–water partition coefficient (Wildman–Crippen LogP) is 1.63. The van der Waals surface area contributed by atoms with Crippen molar-refractivity contribution in [1.29, 1.82) is 0 Å². The van der Waals surface area contributed by atoms with Crippen LogP contribution in [0.15, 0.2) is 6.33 Å². The molecule has 1 aromatic rings. The van der Waals surface area contributed by atoms with Crippen LogP contribution in [0.4, 0.5) is 0 Å². The van der Waals surface area contributed by atoms with Gasteiger partial charge in [0, 0.05) is 24.9 Å². The Hall–Kier alpha value is -0.940. The van der Waals surface area contributed by atoms with Crippen molar-refractivity contribution in [2.75, 3.05) is 13.2 Å². The van der Waals surface area contributed by atoms with Crippen LogP contribution in [0.25, 0.3) is 0 Å². The summed E-state index contributed by atoms with van der Waals surface area (Å²) in [6.45, 7) is 9.27. The largest absolute Gasteiger partial charge is 0.378 e. The molecule has 0 bridgehead atoms. The Morgan fingerprint density at radius 1 is 1.53 bits per heavy atom. The normalized spacial score (nSPS) is 24.8. The van der Waals surface area contributed by atoms with E-state index in [2.05, 4.69) is 36.2 Å². The van der Waals surface area contributed by atoms with Gasteiger partial charge in [0.05, 0.1) is 12.7 Å². The minimum Gasteiger partial charge on any atom is -0.378 e. The summed E-state index contributed by atoms with van der Waals surface area (Å²) in [5.41, 5.74) is 0. The van der Waals surface area contributed by atoms with Gasteiger partial charge in [0.25, 0.3) is 0 Å². The van der Waals surface area contributed by atoms with Gasteiger partial charge in [0.1, 0.15) is 12.2 Å². The first kappa shape index (κ1) is 14.5. The van der Waals surface area contributed by atoms with E-state index in [0.717, 1.165) is 44.8 Å². The number of ether oxygens (including phenoxy) is 1. The van der Waals surface area contributed by atoms with E-state index < -0.39 is 0 Å². The van der Waals surface area contributed by atoms with Crippen molar-refractivity contribution in [2.24, 2.45) is 5.92 Å². The van der Waals surface area contributed by atoms with E-state index in [0.29, 0.717) is 18.1 Å². The fraction of sp³-hybridized carbons (Fsp3) is 0.857. The highest BCUT2D eigenvalue weighted by Crippen LogP contribution is 2.24. The zero-order valence-electron chi connectivity index (χ0n) is 12.3. The molecule has 5 heteroatoms. The molecule has 2 heterocycles. The first-order valence-electron chi connectivity index (χ1n) is 7.46. The summed E-state index contributed by atoms with van der Waals surface area (Å²) in [6.07, 6.45) is 5.22. The summed E-state index contributed by atoms with van der Waals surface area (Å²) in [5.74, 6) is 1.68. The van der Waals surface area contributed by atoms with Gasteiger partial charge in [-0.2, -0.15) is 5.10 Å². The quantitative estimate of drug-likeness (QED) is 0.815. The van der Waals surface area contributed by atoms with Gasteiger partial charge in [0.2, 0.25) is 0 Å². The molecule has 108 valence electrons. The second-order valence-electron chi connectivity index (χ2n) is 5.41. The molecule has 3 unspecified atom stereocenters. The Labute approximate surface area is 115 Å². The highest BCUT2D eigenvalue weighted by Gasteiger charge is 2.30. The van der Waals surface area contributed by atoms with Gasteiger partial charge >= 0.3 is 0 Å². The molecule has 1 aromatic heterocycles. The Balaban J connectivity index is 2.01. The van der Waals surface area contributed by atoms with E-state index in [9.17, 15) is 0 Å². The average Bonchev–Trinajstić information content (AvgIpc) is 2.99. The molecule has 3 atom stereocenters. The van der Waals surface area contributed by atoms with Crippen molar-refractivity contribution < 1.29 is 4.74 Å². The lowest BCUT2D eigenvalue weighted by Crippen LogP contribution is -2.39. The van der Waals surface area contributed by atoms with Gasteiger partial charge in [-0.05, 0) is 26.3 Å². The minimum absolute atomic E-state index is 0.389. The molecule has 2 rings (SSSR count). The van der Waals surface area contributed by atoms with Crippen LogP contribution in [0.5, 0.6) is 0 Å². The second kappa shape index (κ2) is 7.01. The minimum atomic E-state index is 0.389. The maximum atomic E-state index is 5.71. The Morgan fingerprint density at radius 2 is 2.37 bits per heavy atom. The van der Waals surface area contributed by atoms with Crippen molar-refractivity contribution in [2.45, 2.75) is 58.7 Å². The summed E-state index contributed by atoms with van der Waals surface area (Å²) in [5, 5.41) is 7.90. The maximum Gasteiger partial charge on any atom is 0.138 e. The smallest absolute Gasteiger partial charge is 0.138 e. The molecule has 1 aliphatic rings. The van der Waals surface area contributed by atoms with Crippen molar-refractivity contribution in [3.05, 3.63) is 12.2 Å². The third-order valence-corrected chi connectivity index (χ3v) is 3.80. The SMILES string of the molecule is CCCn1ncnc1CC(NCC)C1COC(C)C1. The maximum absolute atomic E-state index is 5.71. The molecule has 0 amide bonds. The molecule has 0 spiro atoms. The molecule has 0 saturated carbocycles. The van der Waals surface area contributed by atoms with Crippen molar-refractivity contribution in [3.63, 3.8) is 0 Å². The van der Waals surface area contributed by atoms with Gasteiger partial charge in [-0.15, -0.1) is 0 Å². The number of aromatic nitrogens is 3. The molecule has 1 N–H and O–H groups in total. The molecule has 1 aliphatic heterocycles. The van der Waals surface area contributed by atoms with E-state index in [4.69, 9.17) is 4.74 Å². The van der Waals surface area contributed by atoms with E-state index in [1.165, 1.54) is 0 Å². The van der Waals surface area contributed by atoms with Crippen LogP contribution in [-0.2, 0) is 17.7 Å². The second-order valence-corrected chi connectivity index (χ2v) is 5.41. The highest BCUT2D eigenvalue weighted by atomic mass is 16.5. The lowest BCUT2D eigenvalue weighted by Gasteiger charge is -2.23. The topological polar surface area (TPSA) is 52.0 Å². The molecular weight excluding hydrogens is 240 g/mol. The summed E-state index contributed by atoms with van der Waals surface area (Å²) in [4.78, 5) is 4.42. The third-order valence-electron chi connectivity index (χ3n) is 3.80. The molecule has 0 radical (unpaired) electrons. The molecule has 0 aliphatic carbocycles. The number of likely N-dealkylation sites (N-methyl/N-ethyl adjacent to an activating group) is 1. The Kier molecular flexibility index (Phi) is 5.34. The number of aryl methyl sites for hydroxylation is 1. The fourth-order valence-corrected chi connectivity index (χ4v) is 2.84. The summed E-state index contributed by atoms with van der Waals surface area (Å²) >= 11 is 0. The molecule has 0 aromatic carbocycles. The molecule has 1 saturated heterocycles. The van der Waals surface area contributed by atoms with Crippen LogP contribution in [-0.4, -0.2) is 40.1 Å². The highest BCUT2D eigenvalue weighted by molar-refractivity contribution is 4.94. The van der Waals surface area contributed by atoms with Crippen LogP contribution < -0.4 is 5.32 Å². The van der Waals surface area contributed by atoms with Gasteiger partial charge in [0.15, 0.2) is 0 Å². The van der Waals surface area contributed by atoms with Gasteiger partial charge in [-0.25, -0.2) is 4.98 Å². The van der Waals surface area contributed by atoms with Crippen LogP contribution >= 0.6 is 0 Å². The zero-order chi connectivity index (χ0) is 13.7. The monoisotopic (exact) mass is 266 g/mol. The molecule has 19 heavy (non-hydrogen) atoms. The van der Waals surface area contributed by atoms with E-state index in [-0.39, 0.29) is 0 Å². The standard InChI is InChI=1S/C14H26N4O/c1-4-6-18-14(16-10-17-18)8-13(15-5-2)12-7-11(3)19-9-12/h10-13,15H,4-9H2,1-3H3. The van der Waals surface area contributed by atoms with Gasteiger partial charge < -0.3 is 10.1 Å². The number of rotatable bonds is 7. The van der Waals surface area contributed by atoms with Gasteiger partial charge in [-0.3, -0.25) is 4.68 Å². The summed E-state index contributed by atoms with van der Waals surface area (Å²) in [7, 11) is 0. The van der Waals surface area contributed by atoms with Crippen molar-refractivity contribution in [1.82, 2.24) is 20.1 Å². The van der Waals surface area contributed by atoms with E-state index in [1.807, 2.05) is 4.68 Å². The summed E-state index contributed by atoms with van der Waals surface area (Å²) in [6, 6.07) is 0.440. The average molecular weight is 266 g/mol. The fourth-order valence-electron chi connectivity index (χ4n) is 2.84. The number of nitrogens with one attached hydrogen (secondary N) is 1. The van der Waals surface area contributed by atoms with Crippen molar-refractivity contribution in [3.8, 4) is 0 Å². The third kappa shape index (κ3) is 3.76. The number of nitrogens with zero attached hydrogens (tertiary/aromatic N) is 3. The zero-order valence-corrected chi connectivity index (χ0v) is 12.3. The number of hydrogen-bond acceptors (Lipinski definition) is 4.